The molecule has 6 nitrogen and oxygen atoms in total. The molecular weight excluding hydrogens is 385 g/mol. The van der Waals surface area contributed by atoms with Crippen LogP contribution in [0.15, 0.2) is 36.4 Å². The molecule has 1 fully saturated rings. The van der Waals surface area contributed by atoms with Crippen molar-refractivity contribution in [3.8, 4) is 23.1 Å². The van der Waals surface area contributed by atoms with Crippen LogP contribution in [0.2, 0.25) is 0 Å². The zero-order valence-corrected chi connectivity index (χ0v) is 17.1. The summed E-state index contributed by atoms with van der Waals surface area (Å²) < 4.78 is 27.3. The molecule has 0 bridgehead atoms. The van der Waals surface area contributed by atoms with Crippen LogP contribution in [0.25, 0.3) is 22.2 Å². The Balaban J connectivity index is 1.92. The summed E-state index contributed by atoms with van der Waals surface area (Å²) in [6, 6.07) is 12.5. The Morgan fingerprint density at radius 3 is 2.70 bits per heavy atom. The van der Waals surface area contributed by atoms with Gasteiger partial charge in [-0.2, -0.15) is 5.26 Å². The number of carbonyl (C=O) groups is 1. The number of aryl methyl sites for hydroxylation is 1. The molecule has 0 aliphatic carbocycles. The van der Waals surface area contributed by atoms with E-state index >= 15 is 0 Å². The van der Waals surface area contributed by atoms with Gasteiger partial charge < -0.3 is 14.0 Å². The summed E-state index contributed by atoms with van der Waals surface area (Å²) >= 11 is 0. The number of halogens is 1. The molecule has 1 amide bonds. The second-order valence-electron chi connectivity index (χ2n) is 7.36. The Kier molecular flexibility index (Phi) is 5.08. The van der Waals surface area contributed by atoms with Crippen molar-refractivity contribution in [2.24, 2.45) is 0 Å². The largest absolute Gasteiger partial charge is 0.491 e. The van der Waals surface area contributed by atoms with Crippen molar-refractivity contribution in [1.82, 2.24) is 4.57 Å². The molecule has 1 aliphatic heterocycles. The predicted octanol–water partition coefficient (Wildman–Crippen LogP) is 5.08. The summed E-state index contributed by atoms with van der Waals surface area (Å²) in [7, 11) is 0. The Morgan fingerprint density at radius 2 is 2.07 bits per heavy atom. The Labute approximate surface area is 174 Å². The number of nitrogens with zero attached hydrogens (tertiary/aromatic N) is 3. The van der Waals surface area contributed by atoms with E-state index in [1.165, 1.54) is 11.0 Å². The first-order valence-corrected chi connectivity index (χ1v) is 9.91. The van der Waals surface area contributed by atoms with Gasteiger partial charge in [0.15, 0.2) is 0 Å². The van der Waals surface area contributed by atoms with Crippen LogP contribution in [0.4, 0.5) is 14.9 Å². The monoisotopic (exact) mass is 407 g/mol. The molecular formula is C23H22FN3O3. The lowest BCUT2D eigenvalue weighted by atomic mass is 10.0. The minimum atomic E-state index is -0.571. The molecule has 154 valence electrons. The van der Waals surface area contributed by atoms with Crippen molar-refractivity contribution in [2.75, 3.05) is 18.1 Å². The minimum absolute atomic E-state index is 0.0299. The van der Waals surface area contributed by atoms with Gasteiger partial charge in [0.1, 0.15) is 24.2 Å². The number of nitriles is 1. The van der Waals surface area contributed by atoms with Crippen LogP contribution >= 0.6 is 0 Å². The van der Waals surface area contributed by atoms with Gasteiger partial charge in [-0.25, -0.2) is 9.18 Å². The van der Waals surface area contributed by atoms with Crippen molar-refractivity contribution in [1.29, 1.82) is 5.26 Å². The zero-order chi connectivity index (χ0) is 21.4. The van der Waals surface area contributed by atoms with Crippen LogP contribution in [-0.2, 0) is 11.3 Å². The summed E-state index contributed by atoms with van der Waals surface area (Å²) in [6.07, 6.45) is -0.541. The van der Waals surface area contributed by atoms with Gasteiger partial charge in [0.05, 0.1) is 35.1 Å². The number of ether oxygens (including phenoxy) is 2. The molecule has 30 heavy (non-hydrogen) atoms. The first kappa shape index (κ1) is 19.8. The smallest absolute Gasteiger partial charge is 0.414 e. The van der Waals surface area contributed by atoms with Crippen LogP contribution in [0, 0.1) is 17.1 Å². The van der Waals surface area contributed by atoms with Crippen LogP contribution in [-0.4, -0.2) is 29.9 Å². The molecule has 0 N–H and O–H groups in total. The van der Waals surface area contributed by atoms with Gasteiger partial charge in [-0.3, -0.25) is 4.90 Å². The van der Waals surface area contributed by atoms with E-state index in [4.69, 9.17) is 9.47 Å². The molecule has 0 unspecified atom stereocenters. The highest BCUT2D eigenvalue weighted by atomic mass is 19.1. The molecule has 1 saturated heterocycles. The lowest BCUT2D eigenvalue weighted by molar-refractivity contribution is 0.181. The number of anilines is 1. The van der Waals surface area contributed by atoms with E-state index in [2.05, 4.69) is 6.07 Å². The van der Waals surface area contributed by atoms with Gasteiger partial charge in [-0.05, 0) is 51.1 Å². The van der Waals surface area contributed by atoms with Gasteiger partial charge in [0, 0.05) is 23.6 Å². The number of carbonyl (C=O) groups excluding carboxylic acids is 1. The Hall–Kier alpha value is -3.53. The average Bonchev–Trinajstić information content (AvgIpc) is 3.28. The highest BCUT2D eigenvalue weighted by Gasteiger charge is 2.27. The normalized spacial score (nSPS) is 13.7. The second kappa shape index (κ2) is 7.71. The third-order valence-electron chi connectivity index (χ3n) is 5.11. The third kappa shape index (κ3) is 3.24. The Bertz CT molecular complexity index is 1180. The summed E-state index contributed by atoms with van der Waals surface area (Å²) in [5, 5.41) is 10.7. The zero-order valence-electron chi connectivity index (χ0n) is 17.1. The van der Waals surface area contributed by atoms with E-state index in [0.29, 0.717) is 23.4 Å². The molecule has 1 aromatic heterocycles. The van der Waals surface area contributed by atoms with Crippen LogP contribution in [0.1, 0.15) is 26.3 Å². The van der Waals surface area contributed by atoms with Gasteiger partial charge in [-0.1, -0.05) is 0 Å². The molecule has 0 radical (unpaired) electrons. The number of rotatable bonds is 5. The molecule has 4 rings (SSSR count). The fourth-order valence-electron chi connectivity index (χ4n) is 3.90. The van der Waals surface area contributed by atoms with Crippen molar-refractivity contribution in [3.63, 3.8) is 0 Å². The van der Waals surface area contributed by atoms with Crippen molar-refractivity contribution in [2.45, 2.75) is 33.4 Å². The quantitative estimate of drug-likeness (QED) is 0.591. The third-order valence-corrected chi connectivity index (χ3v) is 5.11. The maximum Gasteiger partial charge on any atom is 0.414 e. The number of hydrogen-bond donors (Lipinski definition) is 0. The van der Waals surface area contributed by atoms with Gasteiger partial charge in [-0.15, -0.1) is 0 Å². The Morgan fingerprint density at radius 1 is 1.27 bits per heavy atom. The number of aromatic nitrogens is 1. The van der Waals surface area contributed by atoms with Crippen LogP contribution in [0.3, 0.4) is 0 Å². The maximum absolute atomic E-state index is 14.5. The first-order valence-electron chi connectivity index (χ1n) is 9.91. The molecule has 3 aromatic rings. The molecule has 1 aliphatic rings. The molecule has 7 heteroatoms. The summed E-state index contributed by atoms with van der Waals surface area (Å²) in [5.41, 5.74) is 2.87. The van der Waals surface area contributed by atoms with E-state index in [-0.39, 0.29) is 24.9 Å². The van der Waals surface area contributed by atoms with Crippen molar-refractivity contribution in [3.05, 3.63) is 47.8 Å². The first-order chi connectivity index (χ1) is 14.4. The van der Waals surface area contributed by atoms with Crippen molar-refractivity contribution < 1.29 is 18.7 Å². The molecule has 2 aromatic carbocycles. The van der Waals surface area contributed by atoms with E-state index < -0.39 is 11.9 Å². The van der Waals surface area contributed by atoms with Gasteiger partial charge in [0.25, 0.3) is 0 Å². The average molecular weight is 407 g/mol. The molecule has 2 heterocycles. The summed E-state index contributed by atoms with van der Waals surface area (Å²) in [6.45, 7) is 7.02. The van der Waals surface area contributed by atoms with Crippen LogP contribution < -0.4 is 9.64 Å². The fourth-order valence-corrected chi connectivity index (χ4v) is 3.90. The maximum atomic E-state index is 14.5. The number of cyclic esters (lactones) is 1. The van der Waals surface area contributed by atoms with E-state index in [1.54, 1.807) is 12.1 Å². The highest BCUT2D eigenvalue weighted by molar-refractivity contribution is 5.96. The summed E-state index contributed by atoms with van der Waals surface area (Å²) in [4.78, 5) is 13.2. The van der Waals surface area contributed by atoms with Gasteiger partial charge >= 0.3 is 6.09 Å². The van der Waals surface area contributed by atoms with Crippen molar-refractivity contribution >= 4 is 22.7 Å². The second-order valence-corrected chi connectivity index (χ2v) is 7.36. The van der Waals surface area contributed by atoms with E-state index in [0.717, 1.165) is 16.7 Å². The number of benzene rings is 2. The molecule has 0 atom stereocenters. The lowest BCUT2D eigenvalue weighted by Gasteiger charge is -2.16. The van der Waals surface area contributed by atoms with Gasteiger partial charge in [0.2, 0.25) is 0 Å². The molecule has 0 spiro atoms. The number of fused-ring (bicyclic) bond motifs is 1. The van der Waals surface area contributed by atoms with Crippen LogP contribution in [0.5, 0.6) is 5.75 Å². The minimum Gasteiger partial charge on any atom is -0.491 e. The number of hydrogen-bond acceptors (Lipinski definition) is 4. The molecule has 0 saturated carbocycles. The number of amides is 1. The van der Waals surface area contributed by atoms with E-state index in [9.17, 15) is 14.4 Å². The highest BCUT2D eigenvalue weighted by Crippen LogP contribution is 2.37. The lowest BCUT2D eigenvalue weighted by Crippen LogP contribution is -2.24. The summed E-state index contributed by atoms with van der Waals surface area (Å²) in [5.74, 6) is 0.211. The SMILES string of the molecule is CCn1c(-c2ccc(F)c(N3CCOC3=O)c2)c(C#N)c2ccc(OC(C)C)cc21. The standard InChI is InChI=1S/C23H22FN3O3/c1-4-26-20-12-16(30-14(2)3)6-7-17(20)18(13-25)22(26)15-5-8-19(24)21(11-15)27-9-10-29-23(27)28/h5-8,11-12,14H,4,9-10H2,1-3H3. The fraction of sp³-hybridized carbons (Fsp3) is 0.304. The predicted molar refractivity (Wildman–Crippen MR) is 112 cm³/mol. The topological polar surface area (TPSA) is 67.5 Å². The van der Waals surface area contributed by atoms with E-state index in [1.807, 2.05) is 43.5 Å².